The zero-order valence-corrected chi connectivity index (χ0v) is 18.1. The van der Waals surface area contributed by atoms with Crippen LogP contribution >= 0.6 is 0 Å². The van der Waals surface area contributed by atoms with Crippen molar-refractivity contribution in [3.63, 3.8) is 0 Å². The fourth-order valence-electron chi connectivity index (χ4n) is 3.61. The molecule has 8 nitrogen and oxygen atoms in total. The molecule has 0 radical (unpaired) electrons. The zero-order chi connectivity index (χ0) is 22.0. The minimum atomic E-state index is -3.12. The third kappa shape index (κ3) is 4.56. The van der Waals surface area contributed by atoms with Crippen LogP contribution in [0.5, 0.6) is 11.5 Å². The van der Waals surface area contributed by atoms with Crippen LogP contribution in [0.15, 0.2) is 54.6 Å². The molecule has 9 heteroatoms. The predicted molar refractivity (Wildman–Crippen MR) is 117 cm³/mol. The minimum absolute atomic E-state index is 0.00123. The van der Waals surface area contributed by atoms with Gasteiger partial charge in [-0.3, -0.25) is 4.79 Å². The Kier molecular flexibility index (Phi) is 5.69. The maximum Gasteiger partial charge on any atom is 0.257 e. The average Bonchev–Trinajstić information content (AvgIpc) is 3.36. The van der Waals surface area contributed by atoms with Crippen molar-refractivity contribution in [3.8, 4) is 22.8 Å². The molecule has 1 N–H and O–H groups in total. The summed E-state index contributed by atoms with van der Waals surface area (Å²) in [6.07, 6.45) is 0.452. The van der Waals surface area contributed by atoms with Crippen molar-refractivity contribution >= 4 is 21.6 Å². The molecule has 1 aromatic heterocycles. The van der Waals surface area contributed by atoms with Crippen molar-refractivity contribution in [1.82, 2.24) is 9.78 Å². The van der Waals surface area contributed by atoms with Gasteiger partial charge >= 0.3 is 0 Å². The third-order valence-electron chi connectivity index (χ3n) is 5.21. The van der Waals surface area contributed by atoms with E-state index in [1.54, 1.807) is 28.9 Å². The molecule has 1 aliphatic heterocycles. The molecule has 3 aromatic rings. The van der Waals surface area contributed by atoms with E-state index in [0.717, 1.165) is 5.56 Å². The molecule has 1 aliphatic rings. The molecule has 4 rings (SSSR count). The van der Waals surface area contributed by atoms with Crippen LogP contribution in [-0.2, 0) is 9.84 Å². The lowest BCUT2D eigenvalue weighted by atomic mass is 10.1. The lowest BCUT2D eigenvalue weighted by Gasteiger charge is -2.14. The first-order chi connectivity index (χ1) is 14.9. The molecule has 1 unspecified atom stereocenters. The molecule has 0 spiro atoms. The topological polar surface area (TPSA) is 99.5 Å². The maximum absolute atomic E-state index is 13.0. The molecule has 1 fully saturated rings. The molecule has 0 saturated carbocycles. The van der Waals surface area contributed by atoms with E-state index in [2.05, 4.69) is 10.4 Å². The van der Waals surface area contributed by atoms with E-state index >= 15 is 0 Å². The van der Waals surface area contributed by atoms with Crippen LogP contribution in [0.2, 0.25) is 0 Å². The fraction of sp³-hybridized carbons (Fsp3) is 0.273. The van der Waals surface area contributed by atoms with Gasteiger partial charge in [0.25, 0.3) is 5.91 Å². The average molecular weight is 442 g/mol. The molecule has 1 amide bonds. The minimum Gasteiger partial charge on any atom is -0.497 e. The SMILES string of the molecule is COc1cc(OC)cc(C(=O)Nc2cc(-c3ccccc3)nn2C2CCS(=O)(=O)C2)c1. The van der Waals surface area contributed by atoms with Crippen LogP contribution in [-0.4, -0.2) is 49.8 Å². The number of carbonyl (C=O) groups excluding carboxylic acids is 1. The van der Waals surface area contributed by atoms with Crippen molar-refractivity contribution < 1.29 is 22.7 Å². The highest BCUT2D eigenvalue weighted by molar-refractivity contribution is 7.91. The standard InChI is InChI=1S/C22H23N3O5S/c1-29-18-10-16(11-19(12-18)30-2)22(26)23-21-13-20(15-6-4-3-5-7-15)24-25(21)17-8-9-31(27,28)14-17/h3-7,10-13,17H,8-9,14H2,1-2H3,(H,23,26). The first-order valence-corrected chi connectivity index (χ1v) is 11.6. The third-order valence-corrected chi connectivity index (χ3v) is 6.97. The molecule has 1 atom stereocenters. The number of carbonyl (C=O) groups is 1. The van der Waals surface area contributed by atoms with Gasteiger partial charge < -0.3 is 14.8 Å². The molecular formula is C22H23N3O5S. The van der Waals surface area contributed by atoms with Gasteiger partial charge in [-0.1, -0.05) is 30.3 Å². The summed E-state index contributed by atoms with van der Waals surface area (Å²) in [5, 5.41) is 7.51. The van der Waals surface area contributed by atoms with Gasteiger partial charge in [0.2, 0.25) is 0 Å². The number of rotatable bonds is 6. The highest BCUT2D eigenvalue weighted by Gasteiger charge is 2.32. The summed E-state index contributed by atoms with van der Waals surface area (Å²) < 4.78 is 36.2. The highest BCUT2D eigenvalue weighted by Crippen LogP contribution is 2.31. The Bertz CT molecular complexity index is 1180. The Hall–Kier alpha value is -3.33. The summed E-state index contributed by atoms with van der Waals surface area (Å²) in [4.78, 5) is 13.0. The van der Waals surface area contributed by atoms with E-state index in [0.29, 0.717) is 35.0 Å². The largest absolute Gasteiger partial charge is 0.497 e. The number of nitrogens with one attached hydrogen (secondary N) is 1. The monoisotopic (exact) mass is 441 g/mol. The van der Waals surface area contributed by atoms with Crippen LogP contribution < -0.4 is 14.8 Å². The van der Waals surface area contributed by atoms with Crippen molar-refractivity contribution in [2.24, 2.45) is 0 Å². The lowest BCUT2D eigenvalue weighted by Crippen LogP contribution is -2.19. The van der Waals surface area contributed by atoms with Gasteiger partial charge in [-0.2, -0.15) is 5.10 Å². The molecule has 31 heavy (non-hydrogen) atoms. The van der Waals surface area contributed by atoms with Crippen LogP contribution in [0.4, 0.5) is 5.82 Å². The van der Waals surface area contributed by atoms with Crippen LogP contribution in [0, 0.1) is 0 Å². The number of amides is 1. The van der Waals surface area contributed by atoms with E-state index < -0.39 is 9.84 Å². The number of benzene rings is 2. The summed E-state index contributed by atoms with van der Waals surface area (Å²) in [6.45, 7) is 0. The number of ether oxygens (including phenoxy) is 2. The highest BCUT2D eigenvalue weighted by atomic mass is 32.2. The molecule has 162 valence electrons. The van der Waals surface area contributed by atoms with E-state index in [1.807, 2.05) is 30.3 Å². The number of hydrogen-bond donors (Lipinski definition) is 1. The molecule has 0 bridgehead atoms. The summed E-state index contributed by atoms with van der Waals surface area (Å²) in [5.74, 6) is 1.15. The summed E-state index contributed by atoms with van der Waals surface area (Å²) in [5.41, 5.74) is 1.88. The fourth-order valence-corrected chi connectivity index (χ4v) is 5.30. The number of anilines is 1. The second kappa shape index (κ2) is 8.43. The Morgan fingerprint density at radius 3 is 2.32 bits per heavy atom. The predicted octanol–water partition coefficient (Wildman–Crippen LogP) is 3.18. The van der Waals surface area contributed by atoms with Gasteiger partial charge in [-0.05, 0) is 18.6 Å². The van der Waals surface area contributed by atoms with Crippen LogP contribution in [0.3, 0.4) is 0 Å². The Balaban J connectivity index is 1.70. The molecule has 0 aliphatic carbocycles. The molecular weight excluding hydrogens is 418 g/mol. The van der Waals surface area contributed by atoms with Crippen molar-refractivity contribution in [2.45, 2.75) is 12.5 Å². The Labute approximate surface area is 180 Å². The van der Waals surface area contributed by atoms with E-state index in [9.17, 15) is 13.2 Å². The van der Waals surface area contributed by atoms with Crippen molar-refractivity contribution in [1.29, 1.82) is 0 Å². The number of nitrogens with zero attached hydrogens (tertiary/aromatic N) is 2. The van der Waals surface area contributed by atoms with Gasteiger partial charge in [-0.25, -0.2) is 13.1 Å². The Morgan fingerprint density at radius 1 is 1.06 bits per heavy atom. The van der Waals surface area contributed by atoms with Gasteiger partial charge in [-0.15, -0.1) is 0 Å². The van der Waals surface area contributed by atoms with E-state index in [-0.39, 0.29) is 23.5 Å². The molecule has 2 heterocycles. The number of aromatic nitrogens is 2. The second-order valence-electron chi connectivity index (χ2n) is 7.34. The van der Waals surface area contributed by atoms with E-state index in [4.69, 9.17) is 9.47 Å². The number of hydrogen-bond acceptors (Lipinski definition) is 6. The summed E-state index contributed by atoms with van der Waals surface area (Å²) in [7, 11) is -0.0968. The molecule has 1 saturated heterocycles. The summed E-state index contributed by atoms with van der Waals surface area (Å²) in [6, 6.07) is 15.8. The Morgan fingerprint density at radius 2 is 1.74 bits per heavy atom. The first-order valence-electron chi connectivity index (χ1n) is 9.78. The smallest absolute Gasteiger partial charge is 0.257 e. The maximum atomic E-state index is 13.0. The van der Waals surface area contributed by atoms with Gasteiger partial charge in [0.15, 0.2) is 9.84 Å². The van der Waals surface area contributed by atoms with Crippen molar-refractivity contribution in [2.75, 3.05) is 31.0 Å². The number of sulfone groups is 1. The van der Waals surface area contributed by atoms with E-state index in [1.165, 1.54) is 14.2 Å². The lowest BCUT2D eigenvalue weighted by molar-refractivity contribution is 0.102. The van der Waals surface area contributed by atoms with Gasteiger partial charge in [0, 0.05) is 23.3 Å². The quantitative estimate of drug-likeness (QED) is 0.631. The number of methoxy groups -OCH3 is 2. The van der Waals surface area contributed by atoms with Crippen LogP contribution in [0.1, 0.15) is 22.8 Å². The van der Waals surface area contributed by atoms with Crippen LogP contribution in [0.25, 0.3) is 11.3 Å². The second-order valence-corrected chi connectivity index (χ2v) is 9.57. The van der Waals surface area contributed by atoms with Crippen molar-refractivity contribution in [3.05, 3.63) is 60.2 Å². The molecule has 2 aromatic carbocycles. The summed E-state index contributed by atoms with van der Waals surface area (Å²) >= 11 is 0. The van der Waals surface area contributed by atoms with Gasteiger partial charge in [0.1, 0.15) is 17.3 Å². The first kappa shape index (κ1) is 20.9. The normalized spacial score (nSPS) is 17.3. The van der Waals surface area contributed by atoms with Gasteiger partial charge in [0.05, 0.1) is 37.5 Å². The zero-order valence-electron chi connectivity index (χ0n) is 17.2.